The number of anilines is 1. The summed E-state index contributed by atoms with van der Waals surface area (Å²) in [6.07, 6.45) is 3.55. The lowest BCUT2D eigenvalue weighted by Gasteiger charge is -2.37. The van der Waals surface area contributed by atoms with Gasteiger partial charge in [0.15, 0.2) is 5.69 Å². The lowest BCUT2D eigenvalue weighted by Crippen LogP contribution is -2.48. The Morgan fingerprint density at radius 1 is 1.11 bits per heavy atom. The summed E-state index contributed by atoms with van der Waals surface area (Å²) >= 11 is 0. The third-order valence-electron chi connectivity index (χ3n) is 5.34. The molecular formula is C22H25N5O. The van der Waals surface area contributed by atoms with Crippen LogP contribution in [-0.2, 0) is 19.4 Å². The molecule has 4 rings (SSSR count). The maximum Gasteiger partial charge on any atom is 0.280 e. The number of aryl methyl sites for hydroxylation is 2. The highest BCUT2D eigenvalue weighted by Gasteiger charge is 2.31. The Hall–Kier alpha value is -2.99. The molecular weight excluding hydrogens is 350 g/mol. The van der Waals surface area contributed by atoms with E-state index in [0.29, 0.717) is 18.8 Å². The smallest absolute Gasteiger partial charge is 0.280 e. The van der Waals surface area contributed by atoms with Crippen molar-refractivity contribution in [3.05, 3.63) is 77.6 Å². The molecule has 0 fully saturated rings. The average Bonchev–Trinajstić information content (AvgIpc) is 3.20. The molecule has 144 valence electrons. The van der Waals surface area contributed by atoms with Gasteiger partial charge in [-0.25, -0.2) is 0 Å². The van der Waals surface area contributed by atoms with Crippen molar-refractivity contribution in [3.8, 4) is 0 Å². The molecule has 6 nitrogen and oxygen atoms in total. The molecule has 0 aliphatic carbocycles. The molecule has 2 aromatic carbocycles. The van der Waals surface area contributed by atoms with Crippen molar-refractivity contribution in [2.45, 2.75) is 25.4 Å². The molecule has 1 aromatic heterocycles. The maximum atomic E-state index is 13.2. The lowest BCUT2D eigenvalue weighted by atomic mass is 9.97. The molecule has 28 heavy (non-hydrogen) atoms. The number of carbonyl (C=O) groups excluding carboxylic acids is 1. The van der Waals surface area contributed by atoms with E-state index in [4.69, 9.17) is 0 Å². The van der Waals surface area contributed by atoms with Crippen LogP contribution in [-0.4, -0.2) is 52.5 Å². The highest BCUT2D eigenvalue weighted by molar-refractivity contribution is 6.05. The van der Waals surface area contributed by atoms with Crippen LogP contribution in [0.1, 0.15) is 21.6 Å². The van der Waals surface area contributed by atoms with E-state index in [9.17, 15) is 4.79 Å². The Morgan fingerprint density at radius 3 is 2.64 bits per heavy atom. The van der Waals surface area contributed by atoms with E-state index < -0.39 is 0 Å². The zero-order chi connectivity index (χ0) is 19.5. The molecule has 0 N–H and O–H groups in total. The first kappa shape index (κ1) is 18.4. The number of rotatable bonds is 5. The summed E-state index contributed by atoms with van der Waals surface area (Å²) in [6.45, 7) is 1.35. The minimum atomic E-state index is -0.0926. The van der Waals surface area contributed by atoms with Crippen LogP contribution in [0.4, 0.5) is 5.69 Å². The van der Waals surface area contributed by atoms with E-state index >= 15 is 0 Å². The Balaban J connectivity index is 1.52. The van der Waals surface area contributed by atoms with Gasteiger partial charge in [0, 0.05) is 24.8 Å². The van der Waals surface area contributed by atoms with Crippen LogP contribution < -0.4 is 4.90 Å². The molecule has 0 saturated heterocycles. The van der Waals surface area contributed by atoms with Gasteiger partial charge in [0.05, 0.1) is 6.20 Å². The predicted molar refractivity (Wildman–Crippen MR) is 109 cm³/mol. The molecule has 1 unspecified atom stereocenters. The first-order valence-electron chi connectivity index (χ1n) is 9.62. The molecule has 0 saturated carbocycles. The Bertz CT molecular complexity index is 950. The van der Waals surface area contributed by atoms with Crippen molar-refractivity contribution in [2.75, 3.05) is 25.5 Å². The zero-order valence-corrected chi connectivity index (χ0v) is 16.3. The number of likely N-dealkylation sites (N-methyl/N-ethyl adjacent to an activating group) is 1. The van der Waals surface area contributed by atoms with Crippen LogP contribution in [0.3, 0.4) is 0 Å². The van der Waals surface area contributed by atoms with Crippen molar-refractivity contribution in [1.82, 2.24) is 19.9 Å². The van der Waals surface area contributed by atoms with Crippen LogP contribution in [0.2, 0.25) is 0 Å². The van der Waals surface area contributed by atoms with Gasteiger partial charge in [-0.1, -0.05) is 53.7 Å². The summed E-state index contributed by atoms with van der Waals surface area (Å²) in [7, 11) is 4.11. The number of amides is 1. The Labute approximate surface area is 165 Å². The number of carbonyl (C=O) groups is 1. The van der Waals surface area contributed by atoms with Crippen molar-refractivity contribution < 1.29 is 4.79 Å². The number of benzene rings is 2. The van der Waals surface area contributed by atoms with Crippen LogP contribution in [0.15, 0.2) is 60.8 Å². The van der Waals surface area contributed by atoms with Gasteiger partial charge < -0.3 is 9.80 Å². The van der Waals surface area contributed by atoms with Crippen molar-refractivity contribution in [2.24, 2.45) is 0 Å². The normalized spacial score (nSPS) is 16.2. The highest BCUT2D eigenvalue weighted by atomic mass is 16.2. The number of fused-ring (bicyclic) bond motifs is 1. The number of hydrogen-bond acceptors (Lipinski definition) is 4. The van der Waals surface area contributed by atoms with E-state index in [0.717, 1.165) is 18.5 Å². The molecule has 1 aliphatic heterocycles. The molecule has 6 heteroatoms. The fourth-order valence-electron chi connectivity index (χ4n) is 3.64. The van der Waals surface area contributed by atoms with Crippen molar-refractivity contribution >= 4 is 11.6 Å². The first-order chi connectivity index (χ1) is 13.6. The number of para-hydroxylation sites is 1. The van der Waals surface area contributed by atoms with Gasteiger partial charge in [-0.2, -0.15) is 0 Å². The van der Waals surface area contributed by atoms with Gasteiger partial charge in [-0.05, 0) is 44.1 Å². The maximum absolute atomic E-state index is 13.2. The van der Waals surface area contributed by atoms with Crippen molar-refractivity contribution in [3.63, 3.8) is 0 Å². The molecule has 0 bridgehead atoms. The molecule has 1 aliphatic rings. The molecule has 0 radical (unpaired) electrons. The lowest BCUT2D eigenvalue weighted by molar-refractivity contribution is 0.0971. The van der Waals surface area contributed by atoms with Crippen LogP contribution in [0.5, 0.6) is 0 Å². The van der Waals surface area contributed by atoms with Crippen LogP contribution in [0, 0.1) is 0 Å². The second-order valence-electron chi connectivity index (χ2n) is 7.47. The largest absolute Gasteiger partial charge is 0.305 e. The van der Waals surface area contributed by atoms with E-state index in [1.807, 2.05) is 41.3 Å². The number of aromatic nitrogens is 3. The van der Waals surface area contributed by atoms with Gasteiger partial charge in [0.1, 0.15) is 0 Å². The third-order valence-corrected chi connectivity index (χ3v) is 5.34. The summed E-state index contributed by atoms with van der Waals surface area (Å²) in [4.78, 5) is 17.2. The predicted octanol–water partition coefficient (Wildman–Crippen LogP) is 2.65. The van der Waals surface area contributed by atoms with Gasteiger partial charge >= 0.3 is 0 Å². The number of nitrogens with zero attached hydrogens (tertiary/aromatic N) is 5. The third kappa shape index (κ3) is 3.82. The number of hydrogen-bond donors (Lipinski definition) is 0. The van der Waals surface area contributed by atoms with Gasteiger partial charge in [0.25, 0.3) is 5.91 Å². The quantitative estimate of drug-likeness (QED) is 0.688. The summed E-state index contributed by atoms with van der Waals surface area (Å²) in [6, 6.07) is 18.6. The Kier molecular flexibility index (Phi) is 5.21. The molecule has 0 spiro atoms. The fourth-order valence-corrected chi connectivity index (χ4v) is 3.64. The topological polar surface area (TPSA) is 54.3 Å². The van der Waals surface area contributed by atoms with E-state index in [-0.39, 0.29) is 11.9 Å². The zero-order valence-electron chi connectivity index (χ0n) is 16.3. The fraction of sp³-hybridized carbons (Fsp3) is 0.318. The summed E-state index contributed by atoms with van der Waals surface area (Å²) in [5, 5.41) is 8.32. The minimum Gasteiger partial charge on any atom is -0.305 e. The molecule has 1 amide bonds. The second kappa shape index (κ2) is 7.94. The van der Waals surface area contributed by atoms with Gasteiger partial charge in [0.2, 0.25) is 0 Å². The van der Waals surface area contributed by atoms with Crippen molar-refractivity contribution in [1.29, 1.82) is 0 Å². The van der Waals surface area contributed by atoms with Gasteiger partial charge in [-0.15, -0.1) is 5.10 Å². The van der Waals surface area contributed by atoms with E-state index in [1.54, 1.807) is 10.9 Å². The molecule has 1 atom stereocenters. The highest BCUT2D eigenvalue weighted by Crippen LogP contribution is 2.29. The van der Waals surface area contributed by atoms with Crippen LogP contribution in [0.25, 0.3) is 0 Å². The Morgan fingerprint density at radius 2 is 1.86 bits per heavy atom. The SMILES string of the molecule is CN(C)C1Cc2ccccc2N(C(=O)c2cn(CCc3ccccc3)nn2)C1. The summed E-state index contributed by atoms with van der Waals surface area (Å²) < 4.78 is 1.75. The van der Waals surface area contributed by atoms with Crippen LogP contribution >= 0.6 is 0 Å². The molecule has 2 heterocycles. The van der Waals surface area contributed by atoms with E-state index in [1.165, 1.54) is 11.1 Å². The van der Waals surface area contributed by atoms with E-state index in [2.05, 4.69) is 47.5 Å². The summed E-state index contributed by atoms with van der Waals surface area (Å²) in [5.41, 5.74) is 3.80. The average molecular weight is 375 g/mol. The first-order valence-corrected chi connectivity index (χ1v) is 9.62. The minimum absolute atomic E-state index is 0.0926. The molecule has 3 aromatic rings. The second-order valence-corrected chi connectivity index (χ2v) is 7.47. The summed E-state index contributed by atoms with van der Waals surface area (Å²) in [5.74, 6) is -0.0926. The standard InChI is InChI=1S/C22H25N5O/c1-25(2)19-14-18-10-6-7-11-21(18)27(15-19)22(28)20-16-26(24-23-20)13-12-17-8-4-3-5-9-17/h3-11,16,19H,12-15H2,1-2H3. The monoisotopic (exact) mass is 375 g/mol. The van der Waals surface area contributed by atoms with Gasteiger partial charge in [-0.3, -0.25) is 9.48 Å².